The van der Waals surface area contributed by atoms with Gasteiger partial charge in [0.05, 0.1) is 5.75 Å². The van der Waals surface area contributed by atoms with Crippen molar-refractivity contribution in [3.63, 3.8) is 0 Å². The Hall–Kier alpha value is -3.00. The van der Waals surface area contributed by atoms with Gasteiger partial charge in [0.25, 0.3) is 11.1 Å². The number of benzene rings is 2. The lowest BCUT2D eigenvalue weighted by molar-refractivity contribution is -0.113. The molecule has 1 aliphatic heterocycles. The number of fused-ring (bicyclic) bond motifs is 1. The molecule has 0 aliphatic carbocycles. The van der Waals surface area contributed by atoms with Gasteiger partial charge in [-0.05, 0) is 43.2 Å². The number of aryl methyl sites for hydroxylation is 1. The molecule has 2 aromatic carbocycles. The summed E-state index contributed by atoms with van der Waals surface area (Å²) in [5.41, 5.74) is 2.99. The van der Waals surface area contributed by atoms with Gasteiger partial charge in [0.15, 0.2) is 11.5 Å². The Morgan fingerprint density at radius 1 is 1.14 bits per heavy atom. The Morgan fingerprint density at radius 2 is 1.96 bits per heavy atom. The van der Waals surface area contributed by atoms with Gasteiger partial charge in [-0.15, -0.1) is 10.2 Å². The van der Waals surface area contributed by atoms with Crippen LogP contribution in [0.3, 0.4) is 0 Å². The molecule has 0 bridgehead atoms. The van der Waals surface area contributed by atoms with Crippen molar-refractivity contribution in [3.8, 4) is 11.5 Å². The molecule has 0 saturated carbocycles. The van der Waals surface area contributed by atoms with Crippen molar-refractivity contribution in [2.75, 3.05) is 17.7 Å². The largest absolute Gasteiger partial charge is 0.485 e. The molecule has 1 aliphatic rings. The molecule has 144 valence electrons. The molecule has 28 heavy (non-hydrogen) atoms. The van der Waals surface area contributed by atoms with E-state index in [1.54, 1.807) is 0 Å². The average Bonchev–Trinajstić information content (AvgIpc) is 3.19. The molecule has 3 aromatic rings. The van der Waals surface area contributed by atoms with Gasteiger partial charge in [0.1, 0.15) is 6.61 Å². The van der Waals surface area contributed by atoms with Crippen LogP contribution in [0.4, 0.5) is 5.69 Å². The topological polar surface area (TPSA) is 86.5 Å². The van der Waals surface area contributed by atoms with E-state index in [-0.39, 0.29) is 18.3 Å². The summed E-state index contributed by atoms with van der Waals surface area (Å²) < 4.78 is 17.1. The highest BCUT2D eigenvalue weighted by Gasteiger charge is 2.27. The second-order valence-electron chi connectivity index (χ2n) is 6.35. The summed E-state index contributed by atoms with van der Waals surface area (Å²) in [6.07, 6.45) is -0.472. The summed E-state index contributed by atoms with van der Waals surface area (Å²) in [4.78, 5) is 12.2. The molecular formula is C20H19N3O4S. The third-order valence-corrected chi connectivity index (χ3v) is 5.23. The van der Waals surface area contributed by atoms with Crippen molar-refractivity contribution in [2.45, 2.75) is 25.2 Å². The highest BCUT2D eigenvalue weighted by atomic mass is 32.2. The van der Waals surface area contributed by atoms with Crippen LogP contribution < -0.4 is 14.8 Å². The van der Waals surface area contributed by atoms with E-state index in [1.165, 1.54) is 11.8 Å². The Bertz CT molecular complexity index is 1000. The number of carbonyl (C=O) groups is 1. The van der Waals surface area contributed by atoms with Crippen LogP contribution in [0.25, 0.3) is 0 Å². The van der Waals surface area contributed by atoms with Gasteiger partial charge in [0, 0.05) is 5.69 Å². The van der Waals surface area contributed by atoms with E-state index >= 15 is 0 Å². The fourth-order valence-corrected chi connectivity index (χ4v) is 3.32. The zero-order valence-corrected chi connectivity index (χ0v) is 16.3. The summed E-state index contributed by atoms with van der Waals surface area (Å²) in [6.45, 7) is 4.28. The van der Waals surface area contributed by atoms with Gasteiger partial charge in [-0.2, -0.15) is 0 Å². The summed E-state index contributed by atoms with van der Waals surface area (Å²) in [6, 6.07) is 13.2. The van der Waals surface area contributed by atoms with Crippen LogP contribution in [-0.4, -0.2) is 28.5 Å². The van der Waals surface area contributed by atoms with Crippen molar-refractivity contribution in [2.24, 2.45) is 0 Å². The molecule has 0 fully saturated rings. The summed E-state index contributed by atoms with van der Waals surface area (Å²) in [5.74, 6) is 1.69. The number of amides is 1. The number of carbonyl (C=O) groups excluding carboxylic acids is 1. The van der Waals surface area contributed by atoms with Gasteiger partial charge in [-0.25, -0.2) is 0 Å². The Labute approximate surface area is 166 Å². The number of anilines is 1. The Balaban J connectivity index is 1.34. The number of nitrogens with zero attached hydrogens (tertiary/aromatic N) is 2. The molecule has 1 N–H and O–H groups in total. The Kier molecular flexibility index (Phi) is 5.21. The van der Waals surface area contributed by atoms with Crippen molar-refractivity contribution in [3.05, 3.63) is 59.5 Å². The smallest absolute Gasteiger partial charge is 0.277 e. The lowest BCUT2D eigenvalue weighted by atomic mass is 10.1. The molecule has 0 unspecified atom stereocenters. The molecule has 1 atom stereocenters. The number of aromatic nitrogens is 2. The maximum Gasteiger partial charge on any atom is 0.277 e. The standard InChI is InChI=1S/C20H19N3O4S/c1-12-6-5-7-14(13(12)2)21-18(24)11-28-20-23-22-19(27-20)17-10-25-15-8-3-4-9-16(15)26-17/h3-9,17H,10-11H2,1-2H3,(H,21,24)/t17-/m0/s1. The lowest BCUT2D eigenvalue weighted by Crippen LogP contribution is -2.21. The van der Waals surface area contributed by atoms with Crippen LogP contribution in [-0.2, 0) is 4.79 Å². The second-order valence-corrected chi connectivity index (χ2v) is 7.28. The fraction of sp³-hybridized carbons (Fsp3) is 0.250. The maximum atomic E-state index is 12.2. The zero-order chi connectivity index (χ0) is 19.5. The van der Waals surface area contributed by atoms with Crippen LogP contribution in [0, 0.1) is 13.8 Å². The normalized spacial score (nSPS) is 15.3. The van der Waals surface area contributed by atoms with Gasteiger partial charge < -0.3 is 19.2 Å². The molecule has 4 rings (SSSR count). The van der Waals surface area contributed by atoms with E-state index in [9.17, 15) is 4.79 Å². The zero-order valence-electron chi connectivity index (χ0n) is 15.5. The first kappa shape index (κ1) is 18.4. The number of hydrogen-bond acceptors (Lipinski definition) is 7. The number of hydrogen-bond donors (Lipinski definition) is 1. The number of rotatable bonds is 5. The van der Waals surface area contributed by atoms with Crippen molar-refractivity contribution in [1.82, 2.24) is 10.2 Å². The average molecular weight is 397 g/mol. The predicted molar refractivity (Wildman–Crippen MR) is 105 cm³/mol. The van der Waals surface area contributed by atoms with E-state index in [4.69, 9.17) is 13.9 Å². The van der Waals surface area contributed by atoms with Crippen LogP contribution in [0.1, 0.15) is 23.1 Å². The van der Waals surface area contributed by atoms with E-state index in [2.05, 4.69) is 15.5 Å². The van der Waals surface area contributed by atoms with Gasteiger partial charge in [-0.1, -0.05) is 36.0 Å². The third kappa shape index (κ3) is 3.96. The second kappa shape index (κ2) is 7.93. The minimum absolute atomic E-state index is 0.135. The summed E-state index contributed by atoms with van der Waals surface area (Å²) in [5, 5.41) is 11.2. The van der Waals surface area contributed by atoms with Gasteiger partial charge in [-0.3, -0.25) is 4.79 Å². The molecule has 7 nitrogen and oxygen atoms in total. The van der Waals surface area contributed by atoms with Gasteiger partial charge in [0.2, 0.25) is 12.0 Å². The van der Waals surface area contributed by atoms with Crippen LogP contribution in [0.15, 0.2) is 52.1 Å². The molecule has 0 spiro atoms. The number of ether oxygens (including phenoxy) is 2. The van der Waals surface area contributed by atoms with Crippen molar-refractivity contribution in [1.29, 1.82) is 0 Å². The summed E-state index contributed by atoms with van der Waals surface area (Å²) >= 11 is 1.18. The van der Waals surface area contributed by atoms with Crippen molar-refractivity contribution >= 4 is 23.4 Å². The van der Waals surface area contributed by atoms with E-state index in [1.807, 2.05) is 56.3 Å². The monoisotopic (exact) mass is 397 g/mol. The van der Waals surface area contributed by atoms with Crippen LogP contribution in [0.5, 0.6) is 11.5 Å². The quantitative estimate of drug-likeness (QED) is 0.653. The first-order valence-corrected chi connectivity index (χ1v) is 9.79. The fourth-order valence-electron chi connectivity index (χ4n) is 2.75. The highest BCUT2D eigenvalue weighted by molar-refractivity contribution is 7.99. The number of para-hydroxylation sites is 2. The molecule has 2 heterocycles. The van der Waals surface area contributed by atoms with Crippen LogP contribution in [0.2, 0.25) is 0 Å². The molecule has 8 heteroatoms. The molecular weight excluding hydrogens is 378 g/mol. The first-order chi connectivity index (χ1) is 13.6. The first-order valence-electron chi connectivity index (χ1n) is 8.81. The minimum atomic E-state index is -0.472. The molecule has 0 radical (unpaired) electrons. The SMILES string of the molecule is Cc1cccc(NC(=O)CSc2nnc([C@@H]3COc4ccccc4O3)o2)c1C. The lowest BCUT2D eigenvalue weighted by Gasteiger charge is -2.23. The maximum absolute atomic E-state index is 12.2. The predicted octanol–water partition coefficient (Wildman–Crippen LogP) is 3.93. The number of thioether (sulfide) groups is 1. The van der Waals surface area contributed by atoms with Crippen LogP contribution >= 0.6 is 11.8 Å². The minimum Gasteiger partial charge on any atom is -0.485 e. The molecule has 1 amide bonds. The van der Waals surface area contributed by atoms with Gasteiger partial charge >= 0.3 is 0 Å². The Morgan fingerprint density at radius 3 is 2.82 bits per heavy atom. The van der Waals surface area contributed by atoms with Crippen molar-refractivity contribution < 1.29 is 18.7 Å². The summed E-state index contributed by atoms with van der Waals surface area (Å²) in [7, 11) is 0. The van der Waals surface area contributed by atoms with E-state index < -0.39 is 6.10 Å². The molecule has 0 saturated heterocycles. The van der Waals surface area contributed by atoms with E-state index in [0.29, 0.717) is 22.6 Å². The highest BCUT2D eigenvalue weighted by Crippen LogP contribution is 2.35. The number of nitrogens with one attached hydrogen (secondary N) is 1. The van der Waals surface area contributed by atoms with E-state index in [0.717, 1.165) is 16.8 Å². The third-order valence-electron chi connectivity index (χ3n) is 4.41. The molecule has 1 aromatic heterocycles.